The van der Waals surface area contributed by atoms with E-state index in [2.05, 4.69) is 6.07 Å². The van der Waals surface area contributed by atoms with Crippen molar-refractivity contribution in [1.29, 1.82) is 0 Å². The lowest BCUT2D eigenvalue weighted by molar-refractivity contribution is 0.559. The van der Waals surface area contributed by atoms with E-state index < -0.39 is 0 Å². The Bertz CT molecular complexity index is 336. The molecule has 2 atom stereocenters. The molecule has 2 unspecified atom stereocenters. The van der Waals surface area contributed by atoms with Crippen LogP contribution in [0, 0.1) is 0 Å². The van der Waals surface area contributed by atoms with E-state index in [-0.39, 0.29) is 6.04 Å². The second-order valence-electron chi connectivity index (χ2n) is 4.36. The molecule has 1 fully saturated rings. The Morgan fingerprint density at radius 3 is 2.88 bits per heavy atom. The minimum absolute atomic E-state index is 0.241. The van der Waals surface area contributed by atoms with Crippen molar-refractivity contribution in [2.45, 2.75) is 37.0 Å². The Morgan fingerprint density at radius 2 is 2.19 bits per heavy atom. The van der Waals surface area contributed by atoms with Gasteiger partial charge in [-0.3, -0.25) is 0 Å². The van der Waals surface area contributed by atoms with Crippen molar-refractivity contribution < 1.29 is 0 Å². The lowest BCUT2D eigenvalue weighted by atomic mass is 10.0. The van der Waals surface area contributed by atoms with E-state index in [1.165, 1.54) is 30.6 Å². The SMILES string of the molecule is NC(Cc1ccccc1Cl)C1CCCCS1. The van der Waals surface area contributed by atoms with Crippen LogP contribution >= 0.6 is 23.4 Å². The maximum absolute atomic E-state index is 6.27. The molecule has 0 bridgehead atoms. The first-order valence-corrected chi connectivity index (χ1v) is 7.30. The predicted molar refractivity (Wildman–Crippen MR) is 73.2 cm³/mol. The summed E-state index contributed by atoms with van der Waals surface area (Å²) in [7, 11) is 0. The maximum atomic E-state index is 6.27. The molecule has 1 aromatic carbocycles. The van der Waals surface area contributed by atoms with Gasteiger partial charge < -0.3 is 5.73 Å². The van der Waals surface area contributed by atoms with Gasteiger partial charge in [0.05, 0.1) is 0 Å². The van der Waals surface area contributed by atoms with Crippen LogP contribution in [-0.2, 0) is 6.42 Å². The van der Waals surface area contributed by atoms with Crippen LogP contribution in [0.15, 0.2) is 24.3 Å². The van der Waals surface area contributed by atoms with Crippen LogP contribution in [0.1, 0.15) is 24.8 Å². The fourth-order valence-electron chi connectivity index (χ4n) is 2.15. The van der Waals surface area contributed by atoms with E-state index >= 15 is 0 Å². The molecule has 3 heteroatoms. The lowest BCUT2D eigenvalue weighted by Crippen LogP contribution is -2.36. The van der Waals surface area contributed by atoms with Crippen LogP contribution < -0.4 is 5.73 Å². The fraction of sp³-hybridized carbons (Fsp3) is 0.538. The van der Waals surface area contributed by atoms with Gasteiger partial charge in [-0.05, 0) is 36.6 Å². The van der Waals surface area contributed by atoms with Crippen molar-refractivity contribution in [2.75, 3.05) is 5.75 Å². The summed E-state index contributed by atoms with van der Waals surface area (Å²) in [6.07, 6.45) is 4.83. The first-order chi connectivity index (χ1) is 7.77. The zero-order valence-corrected chi connectivity index (χ0v) is 10.9. The van der Waals surface area contributed by atoms with E-state index in [0.29, 0.717) is 5.25 Å². The molecule has 2 N–H and O–H groups in total. The summed E-state index contributed by atoms with van der Waals surface area (Å²) in [6.45, 7) is 0. The van der Waals surface area contributed by atoms with Crippen LogP contribution in [0.2, 0.25) is 5.02 Å². The summed E-state index contributed by atoms with van der Waals surface area (Å²) in [6, 6.07) is 8.26. The molecule has 0 aromatic heterocycles. The first kappa shape index (κ1) is 12.3. The zero-order valence-electron chi connectivity index (χ0n) is 9.36. The quantitative estimate of drug-likeness (QED) is 0.895. The predicted octanol–water partition coefficient (Wildman–Crippen LogP) is 3.50. The number of nitrogens with two attached hydrogens (primary N) is 1. The highest BCUT2D eigenvalue weighted by molar-refractivity contribution is 8.00. The van der Waals surface area contributed by atoms with Crippen LogP contribution in [0.4, 0.5) is 0 Å². The number of hydrogen-bond acceptors (Lipinski definition) is 2. The van der Waals surface area contributed by atoms with Gasteiger partial charge in [-0.25, -0.2) is 0 Å². The monoisotopic (exact) mass is 255 g/mol. The average Bonchev–Trinajstić information content (AvgIpc) is 2.33. The number of rotatable bonds is 3. The Labute approximate surface area is 107 Å². The highest BCUT2D eigenvalue weighted by atomic mass is 35.5. The maximum Gasteiger partial charge on any atom is 0.0438 e. The van der Waals surface area contributed by atoms with E-state index in [1.54, 1.807) is 0 Å². The molecule has 0 amide bonds. The minimum Gasteiger partial charge on any atom is -0.326 e. The fourth-order valence-corrected chi connectivity index (χ4v) is 3.72. The highest BCUT2D eigenvalue weighted by Crippen LogP contribution is 2.29. The first-order valence-electron chi connectivity index (χ1n) is 5.88. The van der Waals surface area contributed by atoms with Crippen molar-refractivity contribution in [3.8, 4) is 0 Å². The molecule has 1 aromatic rings. The molecule has 0 saturated carbocycles. The third-order valence-corrected chi connectivity index (χ3v) is 5.01. The third-order valence-electron chi connectivity index (χ3n) is 3.11. The van der Waals surface area contributed by atoms with Crippen molar-refractivity contribution in [2.24, 2.45) is 5.73 Å². The number of halogens is 1. The summed E-state index contributed by atoms with van der Waals surface area (Å²) in [5.41, 5.74) is 7.45. The normalized spacial score (nSPS) is 23.0. The zero-order chi connectivity index (χ0) is 11.4. The van der Waals surface area contributed by atoms with Crippen molar-refractivity contribution in [3.05, 3.63) is 34.9 Å². The van der Waals surface area contributed by atoms with Crippen molar-refractivity contribution in [1.82, 2.24) is 0 Å². The molecule has 2 rings (SSSR count). The molecule has 16 heavy (non-hydrogen) atoms. The van der Waals surface area contributed by atoms with Crippen LogP contribution in [0.3, 0.4) is 0 Å². The van der Waals surface area contributed by atoms with Crippen LogP contribution in [0.25, 0.3) is 0 Å². The molecule has 1 nitrogen and oxygen atoms in total. The molecule has 0 aliphatic carbocycles. The summed E-state index contributed by atoms with van der Waals surface area (Å²) >= 11 is 8.17. The smallest absolute Gasteiger partial charge is 0.0438 e. The summed E-state index contributed by atoms with van der Waals surface area (Å²) in [5, 5.41) is 1.46. The van der Waals surface area contributed by atoms with Gasteiger partial charge in [-0.15, -0.1) is 0 Å². The molecule has 0 radical (unpaired) electrons. The van der Waals surface area contributed by atoms with Gasteiger partial charge in [-0.2, -0.15) is 11.8 Å². The molecule has 1 saturated heterocycles. The average molecular weight is 256 g/mol. The largest absolute Gasteiger partial charge is 0.326 e. The standard InChI is InChI=1S/C13H18ClNS/c14-11-6-2-1-5-10(11)9-12(15)13-7-3-4-8-16-13/h1-2,5-6,12-13H,3-4,7-9,15H2. The molecular weight excluding hydrogens is 238 g/mol. The summed E-state index contributed by atoms with van der Waals surface area (Å²) in [4.78, 5) is 0. The Balaban J connectivity index is 1.96. The molecular formula is C13H18ClNS. The molecule has 1 heterocycles. The van der Waals surface area contributed by atoms with Crippen molar-refractivity contribution >= 4 is 23.4 Å². The number of thioether (sulfide) groups is 1. The Hall–Kier alpha value is -0.180. The van der Waals surface area contributed by atoms with E-state index in [1.807, 2.05) is 30.0 Å². The second-order valence-corrected chi connectivity index (χ2v) is 6.12. The topological polar surface area (TPSA) is 26.0 Å². The van der Waals surface area contributed by atoms with Gasteiger partial charge in [0.1, 0.15) is 0 Å². The van der Waals surface area contributed by atoms with Gasteiger partial charge in [0.2, 0.25) is 0 Å². The van der Waals surface area contributed by atoms with Crippen LogP contribution in [0.5, 0.6) is 0 Å². The van der Waals surface area contributed by atoms with E-state index in [0.717, 1.165) is 11.4 Å². The summed E-state index contributed by atoms with van der Waals surface area (Å²) < 4.78 is 0. The third kappa shape index (κ3) is 3.16. The molecule has 0 spiro atoms. The Morgan fingerprint density at radius 1 is 1.38 bits per heavy atom. The highest BCUT2D eigenvalue weighted by Gasteiger charge is 2.21. The summed E-state index contributed by atoms with van der Waals surface area (Å²) in [5.74, 6) is 1.26. The van der Waals surface area contributed by atoms with Gasteiger partial charge >= 0.3 is 0 Å². The van der Waals surface area contributed by atoms with Crippen molar-refractivity contribution in [3.63, 3.8) is 0 Å². The van der Waals surface area contributed by atoms with Gasteiger partial charge in [-0.1, -0.05) is 36.2 Å². The Kier molecular flexibility index (Phi) is 4.56. The van der Waals surface area contributed by atoms with Gasteiger partial charge in [0, 0.05) is 16.3 Å². The van der Waals surface area contributed by atoms with E-state index in [9.17, 15) is 0 Å². The van der Waals surface area contributed by atoms with Gasteiger partial charge in [0.25, 0.3) is 0 Å². The van der Waals surface area contributed by atoms with Crippen LogP contribution in [-0.4, -0.2) is 17.0 Å². The second kappa shape index (κ2) is 5.95. The lowest BCUT2D eigenvalue weighted by Gasteiger charge is -2.27. The number of hydrogen-bond donors (Lipinski definition) is 1. The van der Waals surface area contributed by atoms with Gasteiger partial charge in [0.15, 0.2) is 0 Å². The minimum atomic E-state index is 0.241. The number of benzene rings is 1. The molecule has 88 valence electrons. The molecule has 1 aliphatic rings. The van der Waals surface area contributed by atoms with E-state index in [4.69, 9.17) is 17.3 Å². The molecule has 1 aliphatic heterocycles.